The molecule has 98 valence electrons. The molecule has 0 aliphatic carbocycles. The second-order valence-electron chi connectivity index (χ2n) is 4.65. The van der Waals surface area contributed by atoms with Crippen LogP contribution in [0.1, 0.15) is 25.3 Å². The molecule has 1 aliphatic rings. The minimum Gasteiger partial charge on any atom is -0.377 e. The number of rotatable bonds is 5. The van der Waals surface area contributed by atoms with Gasteiger partial charge < -0.3 is 10.1 Å². The smallest absolute Gasteiger partial charge is 0.269 e. The molecule has 1 aromatic carbocycles. The predicted octanol–water partition coefficient (Wildman–Crippen LogP) is 2.25. The molecule has 1 aliphatic heterocycles. The largest absolute Gasteiger partial charge is 0.377 e. The van der Waals surface area contributed by atoms with Gasteiger partial charge in [-0.1, -0.05) is 12.1 Å². The monoisotopic (exact) mass is 250 g/mol. The lowest BCUT2D eigenvalue weighted by molar-refractivity contribution is -0.384. The third-order valence-corrected chi connectivity index (χ3v) is 3.27. The molecule has 5 nitrogen and oxygen atoms in total. The summed E-state index contributed by atoms with van der Waals surface area (Å²) >= 11 is 0. The fourth-order valence-electron chi connectivity index (χ4n) is 2.19. The molecule has 2 atom stereocenters. The van der Waals surface area contributed by atoms with E-state index in [0.717, 1.165) is 25.0 Å². The summed E-state index contributed by atoms with van der Waals surface area (Å²) in [6.45, 7) is 3.56. The Morgan fingerprint density at radius 1 is 1.61 bits per heavy atom. The van der Waals surface area contributed by atoms with E-state index in [4.69, 9.17) is 4.74 Å². The Labute approximate surface area is 106 Å². The molecule has 5 heteroatoms. The van der Waals surface area contributed by atoms with Crippen molar-refractivity contribution >= 4 is 5.69 Å². The highest BCUT2D eigenvalue weighted by atomic mass is 16.6. The van der Waals surface area contributed by atoms with Gasteiger partial charge in [-0.05, 0) is 25.3 Å². The van der Waals surface area contributed by atoms with Gasteiger partial charge in [0.1, 0.15) is 0 Å². The Balaban J connectivity index is 1.89. The second-order valence-corrected chi connectivity index (χ2v) is 4.65. The molecule has 18 heavy (non-hydrogen) atoms. The van der Waals surface area contributed by atoms with Crippen LogP contribution in [-0.2, 0) is 11.3 Å². The summed E-state index contributed by atoms with van der Waals surface area (Å²) in [6, 6.07) is 6.99. The van der Waals surface area contributed by atoms with Gasteiger partial charge in [0.2, 0.25) is 0 Å². The van der Waals surface area contributed by atoms with E-state index in [2.05, 4.69) is 12.2 Å². The van der Waals surface area contributed by atoms with Crippen LogP contribution in [0.2, 0.25) is 0 Å². The summed E-state index contributed by atoms with van der Waals surface area (Å²) in [7, 11) is 0. The van der Waals surface area contributed by atoms with E-state index in [0.29, 0.717) is 6.54 Å². The van der Waals surface area contributed by atoms with Crippen LogP contribution in [0.4, 0.5) is 5.69 Å². The quantitative estimate of drug-likeness (QED) is 0.643. The van der Waals surface area contributed by atoms with E-state index in [1.54, 1.807) is 12.1 Å². The van der Waals surface area contributed by atoms with Gasteiger partial charge in [-0.15, -0.1) is 0 Å². The highest BCUT2D eigenvalue weighted by Crippen LogP contribution is 2.17. The number of nitrogens with one attached hydrogen (secondary N) is 1. The van der Waals surface area contributed by atoms with Crippen LogP contribution in [0.5, 0.6) is 0 Å². The SMILES string of the molecule is CC(NCc1cccc([N+](=O)[O-])c1)C1CCCO1. The fourth-order valence-corrected chi connectivity index (χ4v) is 2.19. The van der Waals surface area contributed by atoms with Crippen molar-refractivity contribution in [2.24, 2.45) is 0 Å². The van der Waals surface area contributed by atoms with Crippen molar-refractivity contribution in [2.45, 2.75) is 38.5 Å². The van der Waals surface area contributed by atoms with Crippen LogP contribution in [0, 0.1) is 10.1 Å². The fraction of sp³-hybridized carbons (Fsp3) is 0.538. The summed E-state index contributed by atoms with van der Waals surface area (Å²) in [5, 5.41) is 14.0. The van der Waals surface area contributed by atoms with Crippen LogP contribution in [0.3, 0.4) is 0 Å². The first-order valence-electron chi connectivity index (χ1n) is 6.25. The van der Waals surface area contributed by atoms with Crippen molar-refractivity contribution < 1.29 is 9.66 Å². The average Bonchev–Trinajstić information content (AvgIpc) is 2.90. The topological polar surface area (TPSA) is 64.4 Å². The normalized spacial score (nSPS) is 20.8. The molecule has 1 N–H and O–H groups in total. The Kier molecular flexibility index (Phi) is 4.28. The number of benzene rings is 1. The molecule has 1 aromatic rings. The predicted molar refractivity (Wildman–Crippen MR) is 68.4 cm³/mol. The molecule has 0 aromatic heterocycles. The van der Waals surface area contributed by atoms with Crippen molar-refractivity contribution in [2.75, 3.05) is 6.61 Å². The van der Waals surface area contributed by atoms with Gasteiger partial charge in [0.15, 0.2) is 0 Å². The summed E-state index contributed by atoms with van der Waals surface area (Å²) in [5.74, 6) is 0. The van der Waals surface area contributed by atoms with E-state index in [9.17, 15) is 10.1 Å². The van der Waals surface area contributed by atoms with Gasteiger partial charge in [0.05, 0.1) is 11.0 Å². The van der Waals surface area contributed by atoms with Gasteiger partial charge in [-0.3, -0.25) is 10.1 Å². The van der Waals surface area contributed by atoms with Crippen LogP contribution in [0.15, 0.2) is 24.3 Å². The zero-order chi connectivity index (χ0) is 13.0. The summed E-state index contributed by atoms with van der Waals surface area (Å²) in [4.78, 5) is 10.3. The highest BCUT2D eigenvalue weighted by molar-refractivity contribution is 5.34. The van der Waals surface area contributed by atoms with E-state index >= 15 is 0 Å². The minimum atomic E-state index is -0.368. The third-order valence-electron chi connectivity index (χ3n) is 3.27. The molecule has 0 bridgehead atoms. The number of hydrogen-bond donors (Lipinski definition) is 1. The molecule has 0 amide bonds. The maximum atomic E-state index is 10.7. The zero-order valence-corrected chi connectivity index (χ0v) is 10.5. The number of nitrogens with zero attached hydrogens (tertiary/aromatic N) is 1. The maximum Gasteiger partial charge on any atom is 0.269 e. The summed E-state index contributed by atoms with van der Waals surface area (Å²) < 4.78 is 5.59. The van der Waals surface area contributed by atoms with E-state index < -0.39 is 0 Å². The van der Waals surface area contributed by atoms with Crippen molar-refractivity contribution in [3.05, 3.63) is 39.9 Å². The molecule has 0 spiro atoms. The highest BCUT2D eigenvalue weighted by Gasteiger charge is 2.21. The molecule has 0 radical (unpaired) electrons. The van der Waals surface area contributed by atoms with Gasteiger partial charge in [-0.25, -0.2) is 0 Å². The first-order valence-corrected chi connectivity index (χ1v) is 6.25. The number of nitro groups is 1. The standard InChI is InChI=1S/C13H18N2O3/c1-10(13-6-3-7-18-13)14-9-11-4-2-5-12(8-11)15(16)17/h2,4-5,8,10,13-14H,3,6-7,9H2,1H3. The minimum absolute atomic E-state index is 0.138. The average molecular weight is 250 g/mol. The van der Waals surface area contributed by atoms with E-state index in [1.165, 1.54) is 6.07 Å². The molecule has 1 fully saturated rings. The molecule has 2 unspecified atom stereocenters. The lowest BCUT2D eigenvalue weighted by Crippen LogP contribution is -2.36. The van der Waals surface area contributed by atoms with Crippen LogP contribution in [-0.4, -0.2) is 23.7 Å². The molecule has 0 saturated carbocycles. The first-order chi connectivity index (χ1) is 8.66. The Bertz CT molecular complexity index is 416. The molecule has 1 heterocycles. The van der Waals surface area contributed by atoms with E-state index in [-0.39, 0.29) is 22.8 Å². The summed E-state index contributed by atoms with van der Waals surface area (Å²) in [6.07, 6.45) is 2.47. The van der Waals surface area contributed by atoms with Crippen LogP contribution >= 0.6 is 0 Å². The van der Waals surface area contributed by atoms with Gasteiger partial charge in [-0.2, -0.15) is 0 Å². The molecular formula is C13H18N2O3. The van der Waals surface area contributed by atoms with Crippen molar-refractivity contribution in [1.29, 1.82) is 0 Å². The first kappa shape index (κ1) is 13.0. The van der Waals surface area contributed by atoms with Gasteiger partial charge in [0, 0.05) is 31.3 Å². The Hall–Kier alpha value is -1.46. The number of non-ortho nitro benzene ring substituents is 1. The zero-order valence-electron chi connectivity index (χ0n) is 10.5. The van der Waals surface area contributed by atoms with Crippen molar-refractivity contribution in [1.82, 2.24) is 5.32 Å². The van der Waals surface area contributed by atoms with Crippen LogP contribution in [0.25, 0.3) is 0 Å². The molecule has 2 rings (SSSR count). The second kappa shape index (κ2) is 5.93. The number of ether oxygens (including phenoxy) is 1. The molecule has 1 saturated heterocycles. The maximum absolute atomic E-state index is 10.7. The Morgan fingerprint density at radius 3 is 3.11 bits per heavy atom. The lowest BCUT2D eigenvalue weighted by atomic mass is 10.1. The molecular weight excluding hydrogens is 232 g/mol. The number of hydrogen-bond acceptors (Lipinski definition) is 4. The van der Waals surface area contributed by atoms with Gasteiger partial charge in [0.25, 0.3) is 5.69 Å². The third kappa shape index (κ3) is 3.27. The number of nitro benzene ring substituents is 1. The Morgan fingerprint density at radius 2 is 2.44 bits per heavy atom. The summed E-state index contributed by atoms with van der Waals surface area (Å²) in [5.41, 5.74) is 1.06. The van der Waals surface area contributed by atoms with E-state index in [1.807, 2.05) is 6.07 Å². The van der Waals surface area contributed by atoms with Crippen molar-refractivity contribution in [3.63, 3.8) is 0 Å². The van der Waals surface area contributed by atoms with Crippen molar-refractivity contribution in [3.8, 4) is 0 Å². The lowest BCUT2D eigenvalue weighted by Gasteiger charge is -2.19. The van der Waals surface area contributed by atoms with Gasteiger partial charge >= 0.3 is 0 Å². The van der Waals surface area contributed by atoms with Crippen LogP contribution < -0.4 is 5.32 Å².